The first-order valence-corrected chi connectivity index (χ1v) is 15.1. The van der Waals surface area contributed by atoms with Gasteiger partial charge in [0.25, 0.3) is 0 Å². The Balaban J connectivity index is 2.06. The Morgan fingerprint density at radius 1 is 0.872 bits per heavy atom. The van der Waals surface area contributed by atoms with Gasteiger partial charge in [-0.2, -0.15) is 0 Å². The van der Waals surface area contributed by atoms with E-state index < -0.39 is 28.5 Å². The third-order valence-electron chi connectivity index (χ3n) is 6.99. The zero-order valence-electron chi connectivity index (χ0n) is 23.4. The maximum Gasteiger partial charge on any atom is 0.244 e. The molecule has 0 spiro atoms. The van der Waals surface area contributed by atoms with Crippen LogP contribution in [0, 0.1) is 13.8 Å². The molecule has 39 heavy (non-hydrogen) atoms. The van der Waals surface area contributed by atoms with Crippen molar-refractivity contribution in [3.8, 4) is 0 Å². The lowest BCUT2D eigenvalue weighted by Gasteiger charge is -2.34. The van der Waals surface area contributed by atoms with Crippen molar-refractivity contribution in [2.75, 3.05) is 17.1 Å². The third-order valence-corrected chi connectivity index (χ3v) is 8.12. The Bertz CT molecular complexity index is 1360. The number of carbonyl (C=O) groups excluding carboxylic acids is 2. The third kappa shape index (κ3) is 8.17. The van der Waals surface area contributed by atoms with Crippen molar-refractivity contribution >= 4 is 27.5 Å². The van der Waals surface area contributed by atoms with E-state index in [1.54, 1.807) is 12.1 Å². The van der Waals surface area contributed by atoms with Crippen LogP contribution in [0.3, 0.4) is 0 Å². The number of carbonyl (C=O) groups is 2. The first-order chi connectivity index (χ1) is 18.5. The van der Waals surface area contributed by atoms with Crippen LogP contribution < -0.4 is 9.62 Å². The molecule has 208 valence electrons. The SMILES string of the molecule is CC[C@H](C)NC(=O)[C@H](Cc1ccccc1)N(Cc1ccccc1)C(=O)CN(c1cccc(C)c1C)S(C)(=O)=O. The molecule has 0 saturated carbocycles. The maximum atomic E-state index is 14.1. The molecule has 2 amide bonds. The predicted molar refractivity (Wildman–Crippen MR) is 157 cm³/mol. The van der Waals surface area contributed by atoms with E-state index in [2.05, 4.69) is 5.32 Å². The lowest BCUT2D eigenvalue weighted by atomic mass is 10.0. The molecule has 0 aliphatic rings. The highest BCUT2D eigenvalue weighted by atomic mass is 32.2. The van der Waals surface area contributed by atoms with E-state index in [9.17, 15) is 18.0 Å². The quantitative estimate of drug-likeness (QED) is 0.357. The van der Waals surface area contributed by atoms with Gasteiger partial charge in [-0.15, -0.1) is 0 Å². The summed E-state index contributed by atoms with van der Waals surface area (Å²) in [6.07, 6.45) is 2.13. The molecule has 0 aliphatic carbocycles. The molecule has 2 atom stereocenters. The number of nitrogens with one attached hydrogen (secondary N) is 1. The summed E-state index contributed by atoms with van der Waals surface area (Å²) in [7, 11) is -3.80. The monoisotopic (exact) mass is 549 g/mol. The maximum absolute atomic E-state index is 14.1. The van der Waals surface area contributed by atoms with Gasteiger partial charge in [0, 0.05) is 19.0 Å². The van der Waals surface area contributed by atoms with Gasteiger partial charge >= 0.3 is 0 Å². The highest BCUT2D eigenvalue weighted by molar-refractivity contribution is 7.92. The zero-order valence-corrected chi connectivity index (χ0v) is 24.2. The van der Waals surface area contributed by atoms with Crippen LogP contribution in [0.15, 0.2) is 78.9 Å². The standard InChI is InChI=1S/C31H39N3O4S/c1-6-24(3)32-31(36)29(20-26-15-9-7-10-16-26)33(21-27-17-11-8-12-18-27)30(35)22-34(39(5,37)38)28-19-13-14-23(2)25(28)4/h7-19,24,29H,6,20-22H2,1-5H3,(H,32,36)/t24-,29-/m0/s1. The summed E-state index contributed by atoms with van der Waals surface area (Å²) in [6, 6.07) is 23.4. The van der Waals surface area contributed by atoms with Gasteiger partial charge < -0.3 is 10.2 Å². The van der Waals surface area contributed by atoms with Gasteiger partial charge in [0.15, 0.2) is 0 Å². The summed E-state index contributed by atoms with van der Waals surface area (Å²) < 4.78 is 27.1. The molecular weight excluding hydrogens is 510 g/mol. The molecule has 0 bridgehead atoms. The Kier molecular flexibility index (Phi) is 10.3. The van der Waals surface area contributed by atoms with Crippen molar-refractivity contribution in [3.63, 3.8) is 0 Å². The molecule has 1 N–H and O–H groups in total. The lowest BCUT2D eigenvalue weighted by Crippen LogP contribution is -2.54. The molecule has 0 unspecified atom stereocenters. The summed E-state index contributed by atoms with van der Waals surface area (Å²) in [5.41, 5.74) is 3.90. The summed E-state index contributed by atoms with van der Waals surface area (Å²) in [5.74, 6) is -0.722. The Labute approximate surface area is 232 Å². The number of nitrogens with zero attached hydrogens (tertiary/aromatic N) is 2. The molecule has 0 heterocycles. The molecule has 0 saturated heterocycles. The summed E-state index contributed by atoms with van der Waals surface area (Å²) in [5, 5.41) is 3.04. The van der Waals surface area contributed by atoms with Gasteiger partial charge in [-0.25, -0.2) is 8.42 Å². The van der Waals surface area contributed by atoms with Crippen LogP contribution in [0.1, 0.15) is 42.5 Å². The number of sulfonamides is 1. The smallest absolute Gasteiger partial charge is 0.244 e. The molecular formula is C31H39N3O4S. The minimum absolute atomic E-state index is 0.0769. The molecule has 7 nitrogen and oxygen atoms in total. The summed E-state index contributed by atoms with van der Waals surface area (Å²) in [4.78, 5) is 29.3. The van der Waals surface area contributed by atoms with Crippen molar-refractivity contribution in [1.82, 2.24) is 10.2 Å². The van der Waals surface area contributed by atoms with Crippen LogP contribution in [0.5, 0.6) is 0 Å². The van der Waals surface area contributed by atoms with E-state index >= 15 is 0 Å². The molecule has 0 aromatic heterocycles. The highest BCUT2D eigenvalue weighted by Gasteiger charge is 2.33. The van der Waals surface area contributed by atoms with Gasteiger partial charge in [0.1, 0.15) is 12.6 Å². The average Bonchev–Trinajstić information content (AvgIpc) is 2.91. The fraction of sp³-hybridized carbons (Fsp3) is 0.355. The number of hydrogen-bond acceptors (Lipinski definition) is 4. The molecule has 0 radical (unpaired) electrons. The van der Waals surface area contributed by atoms with Gasteiger partial charge in [-0.3, -0.25) is 13.9 Å². The second-order valence-electron chi connectivity index (χ2n) is 10.0. The number of amides is 2. The van der Waals surface area contributed by atoms with Crippen molar-refractivity contribution < 1.29 is 18.0 Å². The van der Waals surface area contributed by atoms with Gasteiger partial charge in [0.05, 0.1) is 11.9 Å². The topological polar surface area (TPSA) is 86.8 Å². The fourth-order valence-corrected chi connectivity index (χ4v) is 5.28. The van der Waals surface area contributed by atoms with E-state index in [1.165, 1.54) is 4.90 Å². The van der Waals surface area contributed by atoms with Crippen LogP contribution in [-0.4, -0.2) is 50.0 Å². The van der Waals surface area contributed by atoms with Crippen molar-refractivity contribution in [2.45, 2.75) is 59.2 Å². The molecule has 3 rings (SSSR count). The fourth-order valence-electron chi connectivity index (χ4n) is 4.38. The van der Waals surface area contributed by atoms with Crippen LogP contribution >= 0.6 is 0 Å². The Hall–Kier alpha value is -3.65. The average molecular weight is 550 g/mol. The Morgan fingerprint density at radius 3 is 2.03 bits per heavy atom. The first-order valence-electron chi connectivity index (χ1n) is 13.2. The van der Waals surface area contributed by atoms with E-state index in [1.807, 2.05) is 94.4 Å². The molecule has 3 aromatic rings. The van der Waals surface area contributed by atoms with Gasteiger partial charge in [-0.05, 0) is 55.5 Å². The van der Waals surface area contributed by atoms with Crippen molar-refractivity contribution in [3.05, 3.63) is 101 Å². The second-order valence-corrected chi connectivity index (χ2v) is 11.9. The van der Waals surface area contributed by atoms with Crippen LogP contribution in [-0.2, 0) is 32.6 Å². The molecule has 3 aromatic carbocycles. The zero-order chi connectivity index (χ0) is 28.6. The number of aryl methyl sites for hydroxylation is 1. The Morgan fingerprint density at radius 2 is 1.46 bits per heavy atom. The number of rotatable bonds is 12. The van der Waals surface area contributed by atoms with Gasteiger partial charge in [-0.1, -0.05) is 79.7 Å². The van der Waals surface area contributed by atoms with Crippen LogP contribution in [0.2, 0.25) is 0 Å². The lowest BCUT2D eigenvalue weighted by molar-refractivity contribution is -0.140. The minimum Gasteiger partial charge on any atom is -0.352 e. The number of benzene rings is 3. The van der Waals surface area contributed by atoms with Crippen molar-refractivity contribution in [2.24, 2.45) is 0 Å². The van der Waals surface area contributed by atoms with Crippen LogP contribution in [0.25, 0.3) is 0 Å². The second kappa shape index (κ2) is 13.4. The molecule has 8 heteroatoms. The molecule has 0 aliphatic heterocycles. The van der Waals surface area contributed by atoms with E-state index in [-0.39, 0.29) is 18.5 Å². The highest BCUT2D eigenvalue weighted by Crippen LogP contribution is 2.26. The van der Waals surface area contributed by atoms with E-state index in [0.29, 0.717) is 12.1 Å². The predicted octanol–water partition coefficient (Wildman–Crippen LogP) is 4.62. The summed E-state index contributed by atoms with van der Waals surface area (Å²) >= 11 is 0. The van der Waals surface area contributed by atoms with E-state index in [0.717, 1.165) is 39.2 Å². The summed E-state index contributed by atoms with van der Waals surface area (Å²) in [6.45, 7) is 7.39. The number of anilines is 1. The minimum atomic E-state index is -3.80. The van der Waals surface area contributed by atoms with Crippen LogP contribution in [0.4, 0.5) is 5.69 Å². The van der Waals surface area contributed by atoms with Crippen molar-refractivity contribution in [1.29, 1.82) is 0 Å². The van der Waals surface area contributed by atoms with E-state index in [4.69, 9.17) is 0 Å². The normalized spacial score (nSPS) is 12.8. The molecule has 0 fully saturated rings. The first kappa shape index (κ1) is 29.9. The largest absolute Gasteiger partial charge is 0.352 e. The van der Waals surface area contributed by atoms with Gasteiger partial charge in [0.2, 0.25) is 21.8 Å². The number of hydrogen-bond donors (Lipinski definition) is 1.